The summed E-state index contributed by atoms with van der Waals surface area (Å²) < 4.78 is 0.968. The number of hydrogen-bond donors (Lipinski definition) is 1. The van der Waals surface area contributed by atoms with Crippen LogP contribution in [0.3, 0.4) is 0 Å². The van der Waals surface area contributed by atoms with E-state index in [0.29, 0.717) is 0 Å². The predicted octanol–water partition coefficient (Wildman–Crippen LogP) is 4.63. The van der Waals surface area contributed by atoms with E-state index in [2.05, 4.69) is 38.1 Å². The van der Waals surface area contributed by atoms with E-state index in [1.54, 1.807) is 0 Å². The Kier molecular flexibility index (Phi) is 4.20. The summed E-state index contributed by atoms with van der Waals surface area (Å²) in [5.41, 5.74) is 2.99. The Balaban J connectivity index is 1.71. The highest BCUT2D eigenvalue weighted by atomic mass is 79.9. The number of halogens is 1. The van der Waals surface area contributed by atoms with E-state index < -0.39 is 0 Å². The molecule has 1 saturated carbocycles. The second kappa shape index (κ2) is 6.08. The zero-order chi connectivity index (χ0) is 13.9. The highest BCUT2D eigenvalue weighted by molar-refractivity contribution is 9.10. The number of hydrogen-bond acceptors (Lipinski definition) is 3. The first-order chi connectivity index (χ1) is 9.72. The van der Waals surface area contributed by atoms with Crippen LogP contribution in [0.4, 0.5) is 5.69 Å². The number of nitrogens with one attached hydrogen (secondary N) is 1. The van der Waals surface area contributed by atoms with Gasteiger partial charge in [0.25, 0.3) is 0 Å². The largest absolute Gasteiger partial charge is 0.383 e. The Morgan fingerprint density at radius 3 is 2.85 bits per heavy atom. The fraction of sp³-hybridized carbons (Fsp3) is 0.500. The molecule has 2 aromatic rings. The fourth-order valence-corrected chi connectivity index (χ4v) is 3.25. The van der Waals surface area contributed by atoms with Crippen molar-refractivity contribution in [2.24, 2.45) is 11.8 Å². The van der Waals surface area contributed by atoms with Crippen molar-refractivity contribution in [1.82, 2.24) is 9.97 Å². The molecule has 1 aliphatic rings. The quantitative estimate of drug-likeness (QED) is 0.889. The van der Waals surface area contributed by atoms with Crippen LogP contribution in [0.15, 0.2) is 29.0 Å². The standard InChI is InChI=1S/C16H20BrN3/c1-11-2-4-12(5-3-11)9-19-14-6-7-18-15-8-13(17)10-20-16(14)15/h6-8,10-12H,2-5,9H2,1H3,(H,18,19). The van der Waals surface area contributed by atoms with Crippen molar-refractivity contribution in [3.63, 3.8) is 0 Å². The number of rotatable bonds is 3. The molecule has 0 amide bonds. The summed E-state index contributed by atoms with van der Waals surface area (Å²) in [5, 5.41) is 3.57. The highest BCUT2D eigenvalue weighted by Gasteiger charge is 2.18. The lowest BCUT2D eigenvalue weighted by Gasteiger charge is -2.26. The van der Waals surface area contributed by atoms with Crippen LogP contribution in [0.5, 0.6) is 0 Å². The molecule has 4 heteroatoms. The number of aromatic nitrogens is 2. The molecule has 0 unspecified atom stereocenters. The molecule has 0 atom stereocenters. The van der Waals surface area contributed by atoms with Gasteiger partial charge in [0.2, 0.25) is 0 Å². The van der Waals surface area contributed by atoms with Crippen LogP contribution < -0.4 is 5.32 Å². The van der Waals surface area contributed by atoms with E-state index >= 15 is 0 Å². The molecule has 20 heavy (non-hydrogen) atoms. The van der Waals surface area contributed by atoms with E-state index in [1.807, 2.05) is 24.5 Å². The molecule has 2 heterocycles. The van der Waals surface area contributed by atoms with Crippen LogP contribution in [0.25, 0.3) is 11.0 Å². The first kappa shape index (κ1) is 13.8. The van der Waals surface area contributed by atoms with Gasteiger partial charge in [-0.2, -0.15) is 0 Å². The van der Waals surface area contributed by atoms with E-state index in [1.165, 1.54) is 25.7 Å². The molecular weight excluding hydrogens is 314 g/mol. The topological polar surface area (TPSA) is 37.8 Å². The van der Waals surface area contributed by atoms with Crippen LogP contribution in [-0.4, -0.2) is 16.5 Å². The van der Waals surface area contributed by atoms with E-state index in [-0.39, 0.29) is 0 Å². The summed E-state index contributed by atoms with van der Waals surface area (Å²) in [4.78, 5) is 8.86. The summed E-state index contributed by atoms with van der Waals surface area (Å²) >= 11 is 3.44. The van der Waals surface area contributed by atoms with Crippen molar-refractivity contribution < 1.29 is 0 Å². The van der Waals surface area contributed by atoms with Gasteiger partial charge < -0.3 is 5.32 Å². The Hall–Kier alpha value is -1.16. The van der Waals surface area contributed by atoms with E-state index in [0.717, 1.165) is 39.6 Å². The second-order valence-corrected chi connectivity index (χ2v) is 6.80. The minimum absolute atomic E-state index is 0.796. The van der Waals surface area contributed by atoms with Crippen LogP contribution >= 0.6 is 15.9 Å². The zero-order valence-corrected chi connectivity index (χ0v) is 13.4. The lowest BCUT2D eigenvalue weighted by molar-refractivity contribution is 0.300. The Bertz CT molecular complexity index is 591. The summed E-state index contributed by atoms with van der Waals surface area (Å²) in [6, 6.07) is 4.03. The van der Waals surface area contributed by atoms with Crippen LogP contribution in [0.1, 0.15) is 32.6 Å². The van der Waals surface area contributed by atoms with Gasteiger partial charge in [-0.25, -0.2) is 0 Å². The van der Waals surface area contributed by atoms with Gasteiger partial charge in [-0.3, -0.25) is 9.97 Å². The minimum atomic E-state index is 0.796. The molecule has 1 aliphatic carbocycles. The molecule has 106 valence electrons. The minimum Gasteiger partial charge on any atom is -0.383 e. The summed E-state index contributed by atoms with van der Waals surface area (Å²) in [6.45, 7) is 3.41. The molecule has 3 rings (SSSR count). The van der Waals surface area contributed by atoms with Gasteiger partial charge in [0, 0.05) is 23.4 Å². The molecule has 1 fully saturated rings. The molecule has 0 aliphatic heterocycles. The fourth-order valence-electron chi connectivity index (χ4n) is 2.94. The Morgan fingerprint density at radius 2 is 2.05 bits per heavy atom. The lowest BCUT2D eigenvalue weighted by Crippen LogP contribution is -2.20. The number of nitrogens with zero attached hydrogens (tertiary/aromatic N) is 2. The van der Waals surface area contributed by atoms with Gasteiger partial charge in [0.1, 0.15) is 5.52 Å². The van der Waals surface area contributed by atoms with Gasteiger partial charge in [-0.1, -0.05) is 19.8 Å². The van der Waals surface area contributed by atoms with Crippen LogP contribution in [-0.2, 0) is 0 Å². The molecule has 3 nitrogen and oxygen atoms in total. The SMILES string of the molecule is CC1CCC(CNc2ccnc3cc(Br)cnc23)CC1. The third-order valence-corrected chi connectivity index (χ3v) is 4.69. The molecule has 0 spiro atoms. The lowest BCUT2D eigenvalue weighted by atomic mass is 9.83. The van der Waals surface area contributed by atoms with Crippen LogP contribution in [0.2, 0.25) is 0 Å². The van der Waals surface area contributed by atoms with Gasteiger partial charge >= 0.3 is 0 Å². The highest BCUT2D eigenvalue weighted by Crippen LogP contribution is 2.29. The average Bonchev–Trinajstić information content (AvgIpc) is 2.46. The molecule has 0 radical (unpaired) electrons. The number of anilines is 1. The zero-order valence-electron chi connectivity index (χ0n) is 11.8. The first-order valence-corrected chi connectivity index (χ1v) is 8.16. The van der Waals surface area contributed by atoms with Crippen molar-refractivity contribution >= 4 is 32.7 Å². The van der Waals surface area contributed by atoms with Gasteiger partial charge in [0.05, 0.1) is 11.2 Å². The summed E-state index contributed by atoms with van der Waals surface area (Å²) in [7, 11) is 0. The first-order valence-electron chi connectivity index (χ1n) is 7.36. The van der Waals surface area contributed by atoms with Crippen molar-refractivity contribution in [3.8, 4) is 0 Å². The Morgan fingerprint density at radius 1 is 1.25 bits per heavy atom. The van der Waals surface area contributed by atoms with E-state index in [4.69, 9.17) is 0 Å². The van der Waals surface area contributed by atoms with Gasteiger partial charge in [0.15, 0.2) is 0 Å². The Labute approximate surface area is 128 Å². The van der Waals surface area contributed by atoms with E-state index in [9.17, 15) is 0 Å². The predicted molar refractivity (Wildman–Crippen MR) is 86.8 cm³/mol. The van der Waals surface area contributed by atoms with Gasteiger partial charge in [-0.15, -0.1) is 0 Å². The normalized spacial score (nSPS) is 22.9. The summed E-state index contributed by atoms with van der Waals surface area (Å²) in [6.07, 6.45) is 9.11. The second-order valence-electron chi connectivity index (χ2n) is 5.89. The molecule has 2 aromatic heterocycles. The number of fused-ring (bicyclic) bond motifs is 1. The molecular formula is C16H20BrN3. The van der Waals surface area contributed by atoms with Crippen molar-refractivity contribution in [2.45, 2.75) is 32.6 Å². The van der Waals surface area contributed by atoms with Crippen molar-refractivity contribution in [2.75, 3.05) is 11.9 Å². The molecule has 0 aromatic carbocycles. The van der Waals surface area contributed by atoms with Crippen molar-refractivity contribution in [1.29, 1.82) is 0 Å². The third-order valence-electron chi connectivity index (χ3n) is 4.26. The molecule has 0 saturated heterocycles. The maximum Gasteiger partial charge on any atom is 0.112 e. The maximum absolute atomic E-state index is 4.48. The molecule has 1 N–H and O–H groups in total. The molecule has 0 bridgehead atoms. The summed E-state index contributed by atoms with van der Waals surface area (Å²) in [5.74, 6) is 1.71. The third kappa shape index (κ3) is 3.11. The van der Waals surface area contributed by atoms with Crippen LogP contribution in [0, 0.1) is 11.8 Å². The smallest absolute Gasteiger partial charge is 0.112 e. The monoisotopic (exact) mass is 333 g/mol. The average molecular weight is 334 g/mol. The van der Waals surface area contributed by atoms with Crippen molar-refractivity contribution in [3.05, 3.63) is 29.0 Å². The maximum atomic E-state index is 4.48. The van der Waals surface area contributed by atoms with Gasteiger partial charge in [-0.05, 0) is 52.7 Å². The number of pyridine rings is 2.